The van der Waals surface area contributed by atoms with E-state index in [1.54, 1.807) is 0 Å². The van der Waals surface area contributed by atoms with Crippen LogP contribution < -0.4 is 5.32 Å². The van der Waals surface area contributed by atoms with Crippen molar-refractivity contribution < 1.29 is 0 Å². The maximum Gasteiger partial charge on any atom is 0.0156 e. The molecule has 1 rings (SSSR count). The van der Waals surface area contributed by atoms with E-state index in [9.17, 15) is 0 Å². The first-order chi connectivity index (χ1) is 4.27. The summed E-state index contributed by atoms with van der Waals surface area (Å²) in [6.07, 6.45) is 5.98. The second-order valence-corrected chi connectivity index (χ2v) is 3.08. The second-order valence-electron chi connectivity index (χ2n) is 3.08. The number of hydrogen-bond donors (Lipinski definition) is 1. The number of hydrogen-bond acceptors (Lipinski definition) is 1. The Bertz CT molecular complexity index is 103. The van der Waals surface area contributed by atoms with Crippen LogP contribution in [0.1, 0.15) is 26.2 Å². The predicted octanol–water partition coefficient (Wildman–Crippen LogP) is 1.70. The third kappa shape index (κ3) is 1.55. The van der Waals surface area contributed by atoms with Gasteiger partial charge in [0.2, 0.25) is 0 Å². The lowest BCUT2D eigenvalue weighted by molar-refractivity contribution is 0.217. The molecule has 0 spiro atoms. The molecule has 9 heavy (non-hydrogen) atoms. The van der Waals surface area contributed by atoms with Crippen LogP contribution in [0.25, 0.3) is 0 Å². The highest BCUT2D eigenvalue weighted by Crippen LogP contribution is 2.30. The van der Waals surface area contributed by atoms with Crippen LogP contribution in [0.4, 0.5) is 0 Å². The average Bonchev–Trinajstić information content (AvgIpc) is 1.79. The van der Waals surface area contributed by atoms with Gasteiger partial charge in [-0.2, -0.15) is 0 Å². The molecule has 0 radical (unpaired) electrons. The molecular formula is C8H15N. The zero-order chi connectivity index (χ0) is 6.74. The van der Waals surface area contributed by atoms with Gasteiger partial charge in [0.15, 0.2) is 0 Å². The summed E-state index contributed by atoms with van der Waals surface area (Å²) < 4.78 is 0. The number of rotatable bonds is 3. The third-order valence-corrected chi connectivity index (χ3v) is 2.13. The Hall–Kier alpha value is -0.300. The van der Waals surface area contributed by atoms with Gasteiger partial charge in [-0.25, -0.2) is 0 Å². The van der Waals surface area contributed by atoms with Crippen LogP contribution in [-0.2, 0) is 0 Å². The summed E-state index contributed by atoms with van der Waals surface area (Å²) in [4.78, 5) is 0. The van der Waals surface area contributed by atoms with Crippen molar-refractivity contribution in [1.29, 1.82) is 0 Å². The summed E-state index contributed by atoms with van der Waals surface area (Å²) in [5.74, 6) is 0. The normalized spacial score (nSPS) is 22.8. The summed E-state index contributed by atoms with van der Waals surface area (Å²) in [6.45, 7) is 6.89. The van der Waals surface area contributed by atoms with E-state index in [4.69, 9.17) is 0 Å². The van der Waals surface area contributed by atoms with Crippen molar-refractivity contribution in [2.45, 2.75) is 31.7 Å². The van der Waals surface area contributed by atoms with Crippen LogP contribution in [0.15, 0.2) is 12.7 Å². The summed E-state index contributed by atoms with van der Waals surface area (Å²) in [7, 11) is 0. The van der Waals surface area contributed by atoms with Gasteiger partial charge in [0, 0.05) is 12.1 Å². The van der Waals surface area contributed by atoms with Gasteiger partial charge in [0.1, 0.15) is 0 Å². The molecule has 1 nitrogen and oxygen atoms in total. The fourth-order valence-electron chi connectivity index (χ4n) is 1.20. The molecule has 0 aliphatic heterocycles. The van der Waals surface area contributed by atoms with Gasteiger partial charge >= 0.3 is 0 Å². The van der Waals surface area contributed by atoms with E-state index in [1.807, 2.05) is 6.08 Å². The SMILES string of the molecule is C=CCNC1(C)CCC1. The van der Waals surface area contributed by atoms with Crippen LogP contribution in [-0.4, -0.2) is 12.1 Å². The van der Waals surface area contributed by atoms with E-state index in [1.165, 1.54) is 19.3 Å². The molecule has 0 amide bonds. The molecule has 0 heterocycles. The minimum absolute atomic E-state index is 0.453. The zero-order valence-corrected chi connectivity index (χ0v) is 6.11. The van der Waals surface area contributed by atoms with Crippen molar-refractivity contribution >= 4 is 0 Å². The lowest BCUT2D eigenvalue weighted by Crippen LogP contribution is -2.48. The van der Waals surface area contributed by atoms with E-state index >= 15 is 0 Å². The number of nitrogens with one attached hydrogen (secondary N) is 1. The Kier molecular flexibility index (Phi) is 1.91. The molecule has 1 fully saturated rings. The van der Waals surface area contributed by atoms with Crippen molar-refractivity contribution in [3.63, 3.8) is 0 Å². The van der Waals surface area contributed by atoms with Gasteiger partial charge in [0.05, 0.1) is 0 Å². The fraction of sp³-hybridized carbons (Fsp3) is 0.750. The van der Waals surface area contributed by atoms with Crippen LogP contribution >= 0.6 is 0 Å². The fourth-order valence-corrected chi connectivity index (χ4v) is 1.20. The topological polar surface area (TPSA) is 12.0 Å². The molecule has 1 saturated carbocycles. The monoisotopic (exact) mass is 125 g/mol. The highest BCUT2D eigenvalue weighted by molar-refractivity contribution is 4.93. The van der Waals surface area contributed by atoms with Gasteiger partial charge < -0.3 is 5.32 Å². The molecule has 1 aliphatic rings. The van der Waals surface area contributed by atoms with Gasteiger partial charge in [-0.3, -0.25) is 0 Å². The van der Waals surface area contributed by atoms with E-state index in [2.05, 4.69) is 18.8 Å². The van der Waals surface area contributed by atoms with Crippen molar-refractivity contribution in [3.05, 3.63) is 12.7 Å². The molecule has 0 saturated heterocycles. The Morgan fingerprint density at radius 2 is 2.33 bits per heavy atom. The summed E-state index contributed by atoms with van der Waals surface area (Å²) in [6, 6.07) is 0. The molecule has 52 valence electrons. The van der Waals surface area contributed by atoms with Crippen molar-refractivity contribution in [2.24, 2.45) is 0 Å². The van der Waals surface area contributed by atoms with Gasteiger partial charge in [-0.05, 0) is 26.2 Å². The molecule has 1 heteroatoms. The summed E-state index contributed by atoms with van der Waals surface area (Å²) >= 11 is 0. The molecule has 1 N–H and O–H groups in total. The average molecular weight is 125 g/mol. The molecule has 0 unspecified atom stereocenters. The van der Waals surface area contributed by atoms with Crippen molar-refractivity contribution in [1.82, 2.24) is 5.32 Å². The van der Waals surface area contributed by atoms with Crippen molar-refractivity contribution in [3.8, 4) is 0 Å². The van der Waals surface area contributed by atoms with E-state index in [0.29, 0.717) is 5.54 Å². The first kappa shape index (κ1) is 6.81. The summed E-state index contributed by atoms with van der Waals surface area (Å²) in [5, 5.41) is 3.43. The Balaban J connectivity index is 2.16. The van der Waals surface area contributed by atoms with Gasteiger partial charge in [0.25, 0.3) is 0 Å². The Morgan fingerprint density at radius 1 is 1.67 bits per heavy atom. The standard InChI is InChI=1S/C8H15N/c1-3-7-9-8(2)5-4-6-8/h3,9H,1,4-7H2,2H3. The van der Waals surface area contributed by atoms with Crippen LogP contribution in [0.3, 0.4) is 0 Å². The molecule has 0 aromatic heterocycles. The molecule has 0 atom stereocenters. The highest BCUT2D eigenvalue weighted by atomic mass is 15.0. The molecule has 0 aromatic rings. The Morgan fingerprint density at radius 3 is 2.67 bits per heavy atom. The first-order valence-corrected chi connectivity index (χ1v) is 3.63. The minimum Gasteiger partial charge on any atom is -0.308 e. The van der Waals surface area contributed by atoms with Crippen LogP contribution in [0, 0.1) is 0 Å². The molecule has 0 bridgehead atoms. The van der Waals surface area contributed by atoms with E-state index in [-0.39, 0.29) is 0 Å². The quantitative estimate of drug-likeness (QED) is 0.566. The minimum atomic E-state index is 0.453. The summed E-state index contributed by atoms with van der Waals surface area (Å²) in [5.41, 5.74) is 0.453. The lowest BCUT2D eigenvalue weighted by atomic mass is 9.78. The first-order valence-electron chi connectivity index (χ1n) is 3.63. The van der Waals surface area contributed by atoms with E-state index < -0.39 is 0 Å². The second kappa shape index (κ2) is 2.53. The lowest BCUT2D eigenvalue weighted by Gasteiger charge is -2.39. The maximum atomic E-state index is 3.66. The van der Waals surface area contributed by atoms with Crippen molar-refractivity contribution in [2.75, 3.05) is 6.54 Å². The highest BCUT2D eigenvalue weighted by Gasteiger charge is 2.29. The molecular weight excluding hydrogens is 110 g/mol. The van der Waals surface area contributed by atoms with Crippen LogP contribution in [0.2, 0.25) is 0 Å². The Labute approximate surface area is 57.1 Å². The molecule has 1 aliphatic carbocycles. The van der Waals surface area contributed by atoms with Crippen LogP contribution in [0.5, 0.6) is 0 Å². The zero-order valence-electron chi connectivity index (χ0n) is 6.11. The smallest absolute Gasteiger partial charge is 0.0156 e. The predicted molar refractivity (Wildman–Crippen MR) is 40.5 cm³/mol. The van der Waals surface area contributed by atoms with Gasteiger partial charge in [-0.1, -0.05) is 6.08 Å². The largest absolute Gasteiger partial charge is 0.308 e. The molecule has 0 aromatic carbocycles. The van der Waals surface area contributed by atoms with E-state index in [0.717, 1.165) is 6.54 Å². The maximum absolute atomic E-state index is 3.66. The third-order valence-electron chi connectivity index (χ3n) is 2.13. The van der Waals surface area contributed by atoms with Gasteiger partial charge in [-0.15, -0.1) is 6.58 Å².